The topological polar surface area (TPSA) is 17.8 Å². The van der Waals surface area contributed by atoms with E-state index >= 15 is 0 Å². The molecule has 1 rings (SSSR count). The highest BCUT2D eigenvalue weighted by Gasteiger charge is 2.14. The van der Waals surface area contributed by atoms with Crippen LogP contribution in [0.5, 0.6) is 0 Å². The van der Waals surface area contributed by atoms with Crippen molar-refractivity contribution in [2.45, 2.75) is 117 Å². The molecule has 0 aliphatic rings. The van der Waals surface area contributed by atoms with Crippen molar-refractivity contribution in [2.75, 3.05) is 0 Å². The maximum Gasteiger partial charge on any atom is 0.108 e. The summed E-state index contributed by atoms with van der Waals surface area (Å²) in [7, 11) is 2.26. The molecule has 140 valence electrons. The second kappa shape index (κ2) is 13.5. The summed E-state index contributed by atoms with van der Waals surface area (Å²) in [6, 6.07) is 0. The smallest absolute Gasteiger partial charge is 0.108 e. The quantitative estimate of drug-likeness (QED) is 0.323. The van der Waals surface area contributed by atoms with Crippen LogP contribution in [0.3, 0.4) is 0 Å². The van der Waals surface area contributed by atoms with Crippen LogP contribution in [0.15, 0.2) is 0 Å². The lowest BCUT2D eigenvalue weighted by Crippen LogP contribution is -2.03. The first-order valence-electron chi connectivity index (χ1n) is 10.8. The van der Waals surface area contributed by atoms with E-state index in [0.29, 0.717) is 0 Å². The molecule has 0 aliphatic heterocycles. The Morgan fingerprint density at radius 2 is 1.12 bits per heavy atom. The first kappa shape index (κ1) is 21.3. The largest absolute Gasteiger partial charge is 0.335 e. The molecule has 0 saturated carbocycles. The molecule has 2 nitrogen and oxygen atoms in total. The van der Waals surface area contributed by atoms with Gasteiger partial charge >= 0.3 is 0 Å². The van der Waals surface area contributed by atoms with Crippen molar-refractivity contribution in [1.29, 1.82) is 0 Å². The predicted molar refractivity (Wildman–Crippen MR) is 107 cm³/mol. The summed E-state index contributed by atoms with van der Waals surface area (Å²) in [5.74, 6) is 1.34. The van der Waals surface area contributed by atoms with Crippen molar-refractivity contribution in [3.8, 4) is 0 Å². The van der Waals surface area contributed by atoms with E-state index < -0.39 is 0 Å². The second-order valence-corrected chi connectivity index (χ2v) is 7.41. The van der Waals surface area contributed by atoms with Crippen molar-refractivity contribution in [3.63, 3.8) is 0 Å². The second-order valence-electron chi connectivity index (χ2n) is 7.41. The van der Waals surface area contributed by atoms with Gasteiger partial charge in [0.15, 0.2) is 0 Å². The van der Waals surface area contributed by atoms with Gasteiger partial charge < -0.3 is 4.57 Å². The Balaban J connectivity index is 2.64. The molecule has 0 radical (unpaired) electrons. The minimum absolute atomic E-state index is 1.16. The van der Waals surface area contributed by atoms with Gasteiger partial charge in [-0.05, 0) is 32.1 Å². The third kappa shape index (κ3) is 7.85. The lowest BCUT2D eigenvalue weighted by molar-refractivity contribution is 0.618. The molecule has 2 heteroatoms. The third-order valence-corrected chi connectivity index (χ3v) is 5.18. The Morgan fingerprint density at radius 1 is 0.625 bits per heavy atom. The Kier molecular flexibility index (Phi) is 12.0. The summed E-state index contributed by atoms with van der Waals surface area (Å²) in [6.07, 6.45) is 19.6. The summed E-state index contributed by atoms with van der Waals surface area (Å²) in [5, 5.41) is 0. The number of rotatable bonds is 15. The molecular formula is C22H42N2. The number of nitrogens with zero attached hydrogens (tertiary/aromatic N) is 2. The van der Waals surface area contributed by atoms with Gasteiger partial charge in [-0.25, -0.2) is 4.98 Å². The average Bonchev–Trinajstić information content (AvgIpc) is 2.88. The Morgan fingerprint density at radius 3 is 1.67 bits per heavy atom. The molecule has 1 aromatic heterocycles. The molecule has 1 heterocycles. The van der Waals surface area contributed by atoms with E-state index in [1.807, 2.05) is 0 Å². The molecule has 1 aromatic rings. The number of imidazole rings is 1. The molecule has 0 amide bonds. The van der Waals surface area contributed by atoms with Crippen LogP contribution in [0.1, 0.15) is 115 Å². The molecule has 0 saturated heterocycles. The van der Waals surface area contributed by atoms with Crippen LogP contribution in [0, 0.1) is 0 Å². The van der Waals surface area contributed by atoms with E-state index in [4.69, 9.17) is 4.98 Å². The number of hydrogen-bond donors (Lipinski definition) is 0. The highest BCUT2D eigenvalue weighted by molar-refractivity contribution is 5.18. The van der Waals surface area contributed by atoms with Gasteiger partial charge in [0.05, 0.1) is 5.69 Å². The Labute approximate surface area is 151 Å². The van der Waals surface area contributed by atoms with Crippen molar-refractivity contribution in [2.24, 2.45) is 7.05 Å². The lowest BCUT2D eigenvalue weighted by atomic mass is 10.1. The Bertz CT molecular complexity index is 420. The zero-order chi connectivity index (χ0) is 17.6. The van der Waals surface area contributed by atoms with Crippen molar-refractivity contribution in [1.82, 2.24) is 9.55 Å². The minimum Gasteiger partial charge on any atom is -0.335 e. The summed E-state index contributed by atoms with van der Waals surface area (Å²) in [5.41, 5.74) is 2.95. The molecule has 0 spiro atoms. The number of aromatic nitrogens is 2. The number of unbranched alkanes of at least 4 members (excludes halogenated alkanes) is 9. The SMILES string of the molecule is CCCCCCc1nc(CCCCCC)n(C)c1CCCCCC. The Hall–Kier alpha value is -0.790. The van der Waals surface area contributed by atoms with Gasteiger partial charge in [-0.15, -0.1) is 0 Å². The molecule has 0 unspecified atom stereocenters. The van der Waals surface area contributed by atoms with Crippen molar-refractivity contribution >= 4 is 0 Å². The molecule has 0 N–H and O–H groups in total. The van der Waals surface area contributed by atoms with Crippen LogP contribution in [-0.4, -0.2) is 9.55 Å². The third-order valence-electron chi connectivity index (χ3n) is 5.18. The van der Waals surface area contributed by atoms with E-state index in [-0.39, 0.29) is 0 Å². The van der Waals surface area contributed by atoms with Crippen LogP contribution < -0.4 is 0 Å². The maximum absolute atomic E-state index is 5.07. The number of hydrogen-bond acceptors (Lipinski definition) is 1. The van der Waals surface area contributed by atoms with E-state index in [9.17, 15) is 0 Å². The normalized spacial score (nSPS) is 11.3. The zero-order valence-corrected chi connectivity index (χ0v) is 17.0. The van der Waals surface area contributed by atoms with Crippen LogP contribution in [0.4, 0.5) is 0 Å². The minimum atomic E-state index is 1.16. The van der Waals surface area contributed by atoms with Crippen LogP contribution in [0.2, 0.25) is 0 Å². The standard InChI is InChI=1S/C22H42N2/c1-5-8-11-14-17-20-21(18-15-12-9-6-2)24(4)22(23-20)19-16-13-10-7-3/h5-19H2,1-4H3. The van der Waals surface area contributed by atoms with E-state index in [1.54, 1.807) is 0 Å². The van der Waals surface area contributed by atoms with Crippen molar-refractivity contribution < 1.29 is 0 Å². The van der Waals surface area contributed by atoms with Gasteiger partial charge in [0, 0.05) is 19.2 Å². The van der Waals surface area contributed by atoms with Crippen LogP contribution >= 0.6 is 0 Å². The molecular weight excluding hydrogens is 292 g/mol. The zero-order valence-electron chi connectivity index (χ0n) is 17.0. The van der Waals surface area contributed by atoms with E-state index in [0.717, 1.165) is 6.42 Å². The van der Waals surface area contributed by atoms with Gasteiger partial charge in [-0.3, -0.25) is 0 Å². The predicted octanol–water partition coefficient (Wildman–Crippen LogP) is 6.79. The van der Waals surface area contributed by atoms with Gasteiger partial charge in [0.2, 0.25) is 0 Å². The summed E-state index contributed by atoms with van der Waals surface area (Å²) in [6.45, 7) is 6.86. The fourth-order valence-corrected chi connectivity index (χ4v) is 3.53. The van der Waals surface area contributed by atoms with Gasteiger partial charge in [0.25, 0.3) is 0 Å². The molecule has 0 aromatic carbocycles. The highest BCUT2D eigenvalue weighted by atomic mass is 15.1. The summed E-state index contributed by atoms with van der Waals surface area (Å²) < 4.78 is 2.44. The molecule has 24 heavy (non-hydrogen) atoms. The van der Waals surface area contributed by atoms with Gasteiger partial charge in [-0.1, -0.05) is 78.6 Å². The van der Waals surface area contributed by atoms with Crippen LogP contribution in [0.25, 0.3) is 0 Å². The average molecular weight is 335 g/mol. The maximum atomic E-state index is 5.07. The molecule has 0 bridgehead atoms. The first-order valence-corrected chi connectivity index (χ1v) is 10.8. The summed E-state index contributed by atoms with van der Waals surface area (Å²) in [4.78, 5) is 5.07. The van der Waals surface area contributed by atoms with E-state index in [1.165, 1.54) is 107 Å². The fraction of sp³-hybridized carbons (Fsp3) is 0.864. The molecule has 0 fully saturated rings. The first-order chi connectivity index (χ1) is 11.7. The van der Waals surface area contributed by atoms with Crippen molar-refractivity contribution in [3.05, 3.63) is 17.2 Å². The van der Waals surface area contributed by atoms with Gasteiger partial charge in [-0.2, -0.15) is 0 Å². The van der Waals surface area contributed by atoms with Crippen LogP contribution in [-0.2, 0) is 26.3 Å². The van der Waals surface area contributed by atoms with E-state index in [2.05, 4.69) is 32.4 Å². The molecule has 0 atom stereocenters. The highest BCUT2D eigenvalue weighted by Crippen LogP contribution is 2.19. The number of aryl methyl sites for hydroxylation is 2. The lowest BCUT2D eigenvalue weighted by Gasteiger charge is -2.08. The summed E-state index contributed by atoms with van der Waals surface area (Å²) >= 11 is 0. The monoisotopic (exact) mass is 334 g/mol. The fourth-order valence-electron chi connectivity index (χ4n) is 3.53. The van der Waals surface area contributed by atoms with Gasteiger partial charge in [0.1, 0.15) is 5.82 Å². The molecule has 0 aliphatic carbocycles.